The summed E-state index contributed by atoms with van der Waals surface area (Å²) in [6, 6.07) is 0.969. The van der Waals surface area contributed by atoms with Gasteiger partial charge in [-0.15, -0.1) is 0 Å². The summed E-state index contributed by atoms with van der Waals surface area (Å²) in [7, 11) is 0. The Morgan fingerprint density at radius 3 is 2.53 bits per heavy atom. The van der Waals surface area contributed by atoms with Gasteiger partial charge < -0.3 is 9.84 Å². The quantitative estimate of drug-likeness (QED) is 0.660. The number of halogens is 4. The van der Waals surface area contributed by atoms with E-state index in [-0.39, 0.29) is 0 Å². The van der Waals surface area contributed by atoms with Gasteiger partial charge in [-0.3, -0.25) is 0 Å². The molecule has 0 bridgehead atoms. The number of ether oxygens (including phenoxy) is 1. The lowest BCUT2D eigenvalue weighted by molar-refractivity contribution is -0.131. The summed E-state index contributed by atoms with van der Waals surface area (Å²) in [5.41, 5.74) is -0.561. The van der Waals surface area contributed by atoms with Crippen LogP contribution in [0.1, 0.15) is 5.56 Å². The molecule has 0 aliphatic rings. The largest absolute Gasteiger partial charge is 0.478 e. The lowest BCUT2D eigenvalue weighted by Gasteiger charge is -2.08. The smallest absolute Gasteiger partial charge is 0.387 e. The molecule has 0 aliphatic heterocycles. The van der Waals surface area contributed by atoms with Crippen LogP contribution in [-0.2, 0) is 4.79 Å². The lowest BCUT2D eigenvalue weighted by atomic mass is 10.1. The third-order valence-electron chi connectivity index (χ3n) is 1.66. The van der Waals surface area contributed by atoms with Crippen molar-refractivity contribution in [1.82, 2.24) is 0 Å². The van der Waals surface area contributed by atoms with E-state index >= 15 is 0 Å². The minimum absolute atomic E-state index is 0.430. The molecule has 0 unspecified atom stereocenters. The van der Waals surface area contributed by atoms with Crippen LogP contribution < -0.4 is 4.74 Å². The average molecular weight is 250 g/mol. The minimum Gasteiger partial charge on any atom is -0.478 e. The van der Waals surface area contributed by atoms with Crippen molar-refractivity contribution in [3.8, 4) is 5.75 Å². The Morgan fingerprint density at radius 2 is 2.00 bits per heavy atom. The van der Waals surface area contributed by atoms with Crippen LogP contribution in [0.15, 0.2) is 18.2 Å². The highest BCUT2D eigenvalue weighted by Crippen LogP contribution is 2.26. The standard InChI is InChI=1S/C10H6F4O3/c11-5-3-7(12)6(1-2-9(15)16)8(4-5)17-10(13)14/h1-4,10H,(H,15,16)/b2-1+. The number of carboxylic acids is 1. The van der Waals surface area contributed by atoms with E-state index < -0.39 is 35.5 Å². The molecule has 1 aromatic carbocycles. The molecule has 1 rings (SSSR count). The molecule has 0 spiro atoms. The number of alkyl halides is 2. The summed E-state index contributed by atoms with van der Waals surface area (Å²) in [5.74, 6) is -4.48. The van der Waals surface area contributed by atoms with E-state index in [9.17, 15) is 22.4 Å². The normalized spacial score (nSPS) is 11.1. The Bertz CT molecular complexity index is 457. The van der Waals surface area contributed by atoms with Crippen LogP contribution in [-0.4, -0.2) is 17.7 Å². The van der Waals surface area contributed by atoms with Gasteiger partial charge in [0.2, 0.25) is 0 Å². The topological polar surface area (TPSA) is 46.5 Å². The third-order valence-corrected chi connectivity index (χ3v) is 1.66. The maximum Gasteiger partial charge on any atom is 0.387 e. The van der Waals surface area contributed by atoms with Gasteiger partial charge in [0.15, 0.2) is 0 Å². The fourth-order valence-electron chi connectivity index (χ4n) is 1.07. The number of carboxylic acid groups (broad SMARTS) is 1. The molecule has 1 aromatic rings. The van der Waals surface area contributed by atoms with E-state index in [1.54, 1.807) is 0 Å². The SMILES string of the molecule is O=C(O)/C=C/c1c(F)cc(F)cc1OC(F)F. The number of hydrogen-bond acceptors (Lipinski definition) is 2. The summed E-state index contributed by atoms with van der Waals surface area (Å²) in [5, 5.41) is 8.32. The molecule has 0 aliphatic carbocycles. The zero-order valence-electron chi connectivity index (χ0n) is 8.16. The Balaban J connectivity index is 3.20. The highest BCUT2D eigenvalue weighted by molar-refractivity contribution is 5.86. The molecule has 0 saturated heterocycles. The summed E-state index contributed by atoms with van der Waals surface area (Å²) in [4.78, 5) is 10.2. The molecule has 92 valence electrons. The predicted molar refractivity (Wildman–Crippen MR) is 49.7 cm³/mol. The van der Waals surface area contributed by atoms with Gasteiger partial charge in [0.05, 0.1) is 5.56 Å². The van der Waals surface area contributed by atoms with Gasteiger partial charge in [-0.25, -0.2) is 13.6 Å². The summed E-state index contributed by atoms with van der Waals surface area (Å²) < 4.78 is 53.7. The third kappa shape index (κ3) is 3.78. The Morgan fingerprint density at radius 1 is 1.35 bits per heavy atom. The molecule has 0 atom stereocenters. The zero-order valence-corrected chi connectivity index (χ0v) is 8.16. The van der Waals surface area contributed by atoms with Gasteiger partial charge in [0, 0.05) is 18.2 Å². The van der Waals surface area contributed by atoms with Crippen molar-refractivity contribution in [2.75, 3.05) is 0 Å². The van der Waals surface area contributed by atoms with Gasteiger partial charge in [-0.2, -0.15) is 8.78 Å². The van der Waals surface area contributed by atoms with E-state index in [1.165, 1.54) is 0 Å². The Labute approximate surface area is 92.9 Å². The van der Waals surface area contributed by atoms with Crippen molar-refractivity contribution in [3.05, 3.63) is 35.4 Å². The van der Waals surface area contributed by atoms with Crippen molar-refractivity contribution in [1.29, 1.82) is 0 Å². The van der Waals surface area contributed by atoms with Crippen molar-refractivity contribution in [2.24, 2.45) is 0 Å². The zero-order chi connectivity index (χ0) is 13.0. The maximum atomic E-state index is 13.2. The molecule has 0 radical (unpaired) electrons. The molecule has 0 amide bonds. The minimum atomic E-state index is -3.27. The van der Waals surface area contributed by atoms with E-state index in [0.717, 1.165) is 0 Å². The van der Waals surface area contributed by atoms with Gasteiger partial charge in [0.1, 0.15) is 17.4 Å². The first kappa shape index (κ1) is 13.0. The molecule has 3 nitrogen and oxygen atoms in total. The summed E-state index contributed by atoms with van der Waals surface area (Å²) >= 11 is 0. The van der Waals surface area contributed by atoms with Gasteiger partial charge in [0.25, 0.3) is 0 Å². The number of hydrogen-bond donors (Lipinski definition) is 1. The van der Waals surface area contributed by atoms with Crippen LogP contribution in [0.2, 0.25) is 0 Å². The van der Waals surface area contributed by atoms with Crippen molar-refractivity contribution in [3.63, 3.8) is 0 Å². The van der Waals surface area contributed by atoms with Crippen LogP contribution in [0, 0.1) is 11.6 Å². The van der Waals surface area contributed by atoms with Crippen LogP contribution >= 0.6 is 0 Å². The summed E-state index contributed by atoms with van der Waals surface area (Å²) in [6.45, 7) is -3.27. The second-order valence-electron chi connectivity index (χ2n) is 2.85. The van der Waals surface area contributed by atoms with Crippen LogP contribution in [0.25, 0.3) is 6.08 Å². The highest BCUT2D eigenvalue weighted by Gasteiger charge is 2.14. The Hall–Kier alpha value is -2.05. The number of aliphatic carboxylic acids is 1. The van der Waals surface area contributed by atoms with Crippen molar-refractivity contribution < 1.29 is 32.2 Å². The maximum absolute atomic E-state index is 13.2. The first-order valence-electron chi connectivity index (χ1n) is 4.25. The van der Waals surface area contributed by atoms with E-state index in [1.807, 2.05) is 0 Å². The fraction of sp³-hybridized carbons (Fsp3) is 0.100. The van der Waals surface area contributed by atoms with Gasteiger partial charge in [-0.1, -0.05) is 0 Å². The molecule has 0 fully saturated rings. The predicted octanol–water partition coefficient (Wildman–Crippen LogP) is 2.66. The second kappa shape index (κ2) is 5.33. The Kier molecular flexibility index (Phi) is 4.08. The molecular formula is C10H6F4O3. The van der Waals surface area contributed by atoms with Crippen molar-refractivity contribution in [2.45, 2.75) is 6.61 Å². The molecule has 7 heteroatoms. The molecular weight excluding hydrogens is 244 g/mol. The van der Waals surface area contributed by atoms with Gasteiger partial charge >= 0.3 is 12.6 Å². The molecule has 17 heavy (non-hydrogen) atoms. The van der Waals surface area contributed by atoms with Crippen LogP contribution in [0.3, 0.4) is 0 Å². The van der Waals surface area contributed by atoms with Gasteiger partial charge in [-0.05, 0) is 6.08 Å². The number of rotatable bonds is 4. The molecule has 0 aromatic heterocycles. The fourth-order valence-corrected chi connectivity index (χ4v) is 1.07. The van der Waals surface area contributed by atoms with E-state index in [0.29, 0.717) is 24.3 Å². The van der Waals surface area contributed by atoms with E-state index in [2.05, 4.69) is 4.74 Å². The van der Waals surface area contributed by atoms with Crippen LogP contribution in [0.4, 0.5) is 17.6 Å². The first-order valence-corrected chi connectivity index (χ1v) is 4.25. The highest BCUT2D eigenvalue weighted by atomic mass is 19.3. The molecule has 0 saturated carbocycles. The molecule has 1 N–H and O–H groups in total. The summed E-state index contributed by atoms with van der Waals surface area (Å²) in [6.07, 6.45) is 1.23. The average Bonchev–Trinajstić information content (AvgIpc) is 2.14. The number of benzene rings is 1. The first-order chi connectivity index (χ1) is 7.90. The van der Waals surface area contributed by atoms with Crippen LogP contribution in [0.5, 0.6) is 5.75 Å². The monoisotopic (exact) mass is 250 g/mol. The molecule has 0 heterocycles. The lowest BCUT2D eigenvalue weighted by Crippen LogP contribution is -2.05. The number of carbonyl (C=O) groups is 1. The van der Waals surface area contributed by atoms with E-state index in [4.69, 9.17) is 5.11 Å². The second-order valence-corrected chi connectivity index (χ2v) is 2.85. The van der Waals surface area contributed by atoms with Crippen molar-refractivity contribution >= 4 is 12.0 Å².